The Morgan fingerprint density at radius 3 is 2.57 bits per heavy atom. The molecular formula is C22H40N6OS. The standard InChI is InChI=1S/C22H40N6OS/c1-17(2)21(28-9-11-29-12-10-28)14-25-22(23-4)24-13-19-5-7-27(8-6-19)15-20-16-30-18(3)26-20/h16-17,19,21H,5-15H2,1-4H3,(H2,23,24,25). The van der Waals surface area contributed by atoms with Crippen LogP contribution >= 0.6 is 11.3 Å². The van der Waals surface area contributed by atoms with E-state index in [4.69, 9.17) is 4.74 Å². The molecule has 0 bridgehead atoms. The van der Waals surface area contributed by atoms with E-state index in [2.05, 4.69) is 56.6 Å². The molecule has 7 nitrogen and oxygen atoms in total. The lowest BCUT2D eigenvalue weighted by Gasteiger charge is -2.37. The summed E-state index contributed by atoms with van der Waals surface area (Å²) in [6, 6.07) is 0.505. The van der Waals surface area contributed by atoms with Gasteiger partial charge < -0.3 is 15.4 Å². The van der Waals surface area contributed by atoms with Crippen LogP contribution in [0.5, 0.6) is 0 Å². The zero-order chi connectivity index (χ0) is 21.3. The average Bonchev–Trinajstić information content (AvgIpc) is 3.16. The number of nitrogens with zero attached hydrogens (tertiary/aromatic N) is 4. The van der Waals surface area contributed by atoms with Gasteiger partial charge in [-0.15, -0.1) is 11.3 Å². The molecule has 1 unspecified atom stereocenters. The predicted octanol–water partition coefficient (Wildman–Crippen LogP) is 2.19. The number of likely N-dealkylation sites (tertiary alicyclic amines) is 1. The smallest absolute Gasteiger partial charge is 0.191 e. The number of ether oxygens (including phenoxy) is 1. The van der Waals surface area contributed by atoms with E-state index in [1.807, 2.05) is 7.05 Å². The molecule has 0 radical (unpaired) electrons. The summed E-state index contributed by atoms with van der Waals surface area (Å²) in [6.07, 6.45) is 2.46. The highest BCUT2D eigenvalue weighted by Crippen LogP contribution is 2.19. The van der Waals surface area contributed by atoms with Crippen LogP contribution in [0.1, 0.15) is 37.4 Å². The van der Waals surface area contributed by atoms with Gasteiger partial charge in [0.05, 0.1) is 23.9 Å². The molecule has 0 aliphatic carbocycles. The van der Waals surface area contributed by atoms with Crippen molar-refractivity contribution in [1.29, 1.82) is 0 Å². The third-order valence-electron chi connectivity index (χ3n) is 6.30. The van der Waals surface area contributed by atoms with E-state index in [9.17, 15) is 0 Å². The third kappa shape index (κ3) is 7.18. The fourth-order valence-electron chi connectivity index (χ4n) is 4.42. The first kappa shape index (κ1) is 23.4. The molecule has 0 spiro atoms. The van der Waals surface area contributed by atoms with Gasteiger partial charge in [0.1, 0.15) is 0 Å². The lowest BCUT2D eigenvalue weighted by atomic mass is 9.97. The molecule has 2 aliphatic rings. The molecule has 2 fully saturated rings. The molecule has 3 heterocycles. The lowest BCUT2D eigenvalue weighted by molar-refractivity contribution is 0.00752. The molecule has 1 atom stereocenters. The monoisotopic (exact) mass is 436 g/mol. The van der Waals surface area contributed by atoms with E-state index >= 15 is 0 Å². The number of aromatic nitrogens is 1. The summed E-state index contributed by atoms with van der Waals surface area (Å²) < 4.78 is 5.52. The maximum atomic E-state index is 5.52. The van der Waals surface area contributed by atoms with Gasteiger partial charge in [0.15, 0.2) is 5.96 Å². The fourth-order valence-corrected chi connectivity index (χ4v) is 5.02. The van der Waals surface area contributed by atoms with Crippen molar-refractivity contribution in [2.24, 2.45) is 16.8 Å². The predicted molar refractivity (Wildman–Crippen MR) is 125 cm³/mol. The van der Waals surface area contributed by atoms with E-state index in [1.54, 1.807) is 11.3 Å². The average molecular weight is 437 g/mol. The van der Waals surface area contributed by atoms with Crippen LogP contribution in [0.2, 0.25) is 0 Å². The van der Waals surface area contributed by atoms with Gasteiger partial charge in [-0.05, 0) is 44.7 Å². The largest absolute Gasteiger partial charge is 0.379 e. The van der Waals surface area contributed by atoms with E-state index in [-0.39, 0.29) is 0 Å². The van der Waals surface area contributed by atoms with Crippen LogP contribution in [0.25, 0.3) is 0 Å². The quantitative estimate of drug-likeness (QED) is 0.481. The first-order valence-electron chi connectivity index (χ1n) is 11.4. The Morgan fingerprint density at radius 1 is 1.23 bits per heavy atom. The maximum absolute atomic E-state index is 5.52. The van der Waals surface area contributed by atoms with Gasteiger partial charge in [0, 0.05) is 51.2 Å². The second-order valence-electron chi connectivity index (χ2n) is 8.87. The second kappa shape index (κ2) is 12.0. The van der Waals surface area contributed by atoms with E-state index in [1.165, 1.54) is 18.5 Å². The topological polar surface area (TPSA) is 65.0 Å². The molecule has 0 saturated carbocycles. The van der Waals surface area contributed by atoms with Crippen LogP contribution in [-0.2, 0) is 11.3 Å². The number of thiazole rings is 1. The van der Waals surface area contributed by atoms with Crippen molar-refractivity contribution in [3.63, 3.8) is 0 Å². The zero-order valence-electron chi connectivity index (χ0n) is 19.2. The van der Waals surface area contributed by atoms with Gasteiger partial charge >= 0.3 is 0 Å². The fraction of sp³-hybridized carbons (Fsp3) is 0.818. The Balaban J connectivity index is 1.37. The van der Waals surface area contributed by atoms with Crippen molar-refractivity contribution in [1.82, 2.24) is 25.4 Å². The summed E-state index contributed by atoms with van der Waals surface area (Å²) in [5, 5.41) is 10.5. The molecule has 2 N–H and O–H groups in total. The summed E-state index contributed by atoms with van der Waals surface area (Å²) in [6.45, 7) is 15.6. The highest BCUT2D eigenvalue weighted by Gasteiger charge is 2.24. The van der Waals surface area contributed by atoms with Gasteiger partial charge in [0.25, 0.3) is 0 Å². The van der Waals surface area contributed by atoms with Gasteiger partial charge in [-0.1, -0.05) is 13.8 Å². The minimum Gasteiger partial charge on any atom is -0.379 e. The van der Waals surface area contributed by atoms with Crippen molar-refractivity contribution in [2.75, 3.05) is 59.5 Å². The number of hydrogen-bond acceptors (Lipinski definition) is 6. The Hall–Kier alpha value is -1.22. The molecule has 30 heavy (non-hydrogen) atoms. The normalized spacial score (nSPS) is 21.2. The molecule has 2 saturated heterocycles. The number of rotatable bonds is 8. The van der Waals surface area contributed by atoms with Crippen LogP contribution in [0.3, 0.4) is 0 Å². The van der Waals surface area contributed by atoms with Crippen LogP contribution in [0.4, 0.5) is 0 Å². The molecule has 3 rings (SSSR count). The summed E-state index contributed by atoms with van der Waals surface area (Å²) >= 11 is 1.75. The van der Waals surface area contributed by atoms with E-state index < -0.39 is 0 Å². The number of aliphatic imine (C=N–C) groups is 1. The minimum atomic E-state index is 0.505. The van der Waals surface area contributed by atoms with Crippen LogP contribution < -0.4 is 10.6 Å². The highest BCUT2D eigenvalue weighted by molar-refractivity contribution is 7.09. The van der Waals surface area contributed by atoms with Crippen molar-refractivity contribution in [2.45, 2.75) is 46.2 Å². The van der Waals surface area contributed by atoms with Gasteiger partial charge in [0.2, 0.25) is 0 Å². The molecule has 0 amide bonds. The number of piperidine rings is 1. The zero-order valence-corrected chi connectivity index (χ0v) is 20.0. The van der Waals surface area contributed by atoms with Crippen molar-refractivity contribution < 1.29 is 4.74 Å². The van der Waals surface area contributed by atoms with Gasteiger partial charge in [-0.2, -0.15) is 0 Å². The second-order valence-corrected chi connectivity index (χ2v) is 9.93. The molecule has 0 aromatic carbocycles. The molecule has 1 aromatic rings. The Morgan fingerprint density at radius 2 is 1.97 bits per heavy atom. The first-order valence-corrected chi connectivity index (χ1v) is 12.3. The maximum Gasteiger partial charge on any atom is 0.191 e. The molecule has 1 aromatic heterocycles. The third-order valence-corrected chi connectivity index (χ3v) is 7.13. The summed E-state index contributed by atoms with van der Waals surface area (Å²) in [4.78, 5) is 14.1. The van der Waals surface area contributed by atoms with E-state index in [0.29, 0.717) is 17.9 Å². The minimum absolute atomic E-state index is 0.505. The van der Waals surface area contributed by atoms with Crippen molar-refractivity contribution in [3.05, 3.63) is 16.1 Å². The van der Waals surface area contributed by atoms with E-state index in [0.717, 1.165) is 70.0 Å². The SMILES string of the molecule is CN=C(NCC1CCN(Cc2csc(C)n2)CC1)NCC(C(C)C)N1CCOCC1. The Kier molecular flexibility index (Phi) is 9.36. The molecule has 170 valence electrons. The first-order chi connectivity index (χ1) is 14.5. The number of nitrogens with one attached hydrogen (secondary N) is 2. The van der Waals surface area contributed by atoms with Crippen LogP contribution in [0.15, 0.2) is 10.4 Å². The van der Waals surface area contributed by atoms with Crippen LogP contribution in [-0.4, -0.2) is 86.3 Å². The summed E-state index contributed by atoms with van der Waals surface area (Å²) in [7, 11) is 1.87. The van der Waals surface area contributed by atoms with Gasteiger partial charge in [-0.25, -0.2) is 4.98 Å². The number of morpholine rings is 1. The number of aryl methyl sites for hydroxylation is 1. The molecular weight excluding hydrogens is 396 g/mol. The van der Waals surface area contributed by atoms with Crippen LogP contribution in [0, 0.1) is 18.8 Å². The summed E-state index contributed by atoms with van der Waals surface area (Å²) in [5.74, 6) is 2.23. The molecule has 8 heteroatoms. The number of hydrogen-bond donors (Lipinski definition) is 2. The highest BCUT2D eigenvalue weighted by atomic mass is 32.1. The Bertz CT molecular complexity index is 650. The number of guanidine groups is 1. The van der Waals surface area contributed by atoms with Crippen molar-refractivity contribution >= 4 is 17.3 Å². The summed E-state index contributed by atoms with van der Waals surface area (Å²) in [5.41, 5.74) is 1.22. The molecule has 2 aliphatic heterocycles. The van der Waals surface area contributed by atoms with Gasteiger partial charge in [-0.3, -0.25) is 14.8 Å². The van der Waals surface area contributed by atoms with Crippen molar-refractivity contribution in [3.8, 4) is 0 Å². The Labute approximate surface area is 186 Å². The lowest BCUT2D eigenvalue weighted by Crippen LogP contribution is -2.53.